The molecule has 4 N–H and O–H groups in total. The van der Waals surface area contributed by atoms with E-state index >= 15 is 0 Å². The lowest BCUT2D eigenvalue weighted by Crippen LogP contribution is -2.20. The highest BCUT2D eigenvalue weighted by Crippen LogP contribution is 2.18. The van der Waals surface area contributed by atoms with Crippen LogP contribution in [0, 0.1) is 5.82 Å². The molecule has 0 heterocycles. The van der Waals surface area contributed by atoms with E-state index in [4.69, 9.17) is 10.8 Å². The molecule has 0 fully saturated rings. The number of anilines is 1. The van der Waals surface area contributed by atoms with Gasteiger partial charge in [-0.15, -0.1) is 0 Å². The second-order valence-corrected chi connectivity index (χ2v) is 4.03. The molecule has 1 unspecified atom stereocenters. The fraction of sp³-hybridized carbons (Fsp3) is 0.333. The zero-order chi connectivity index (χ0) is 13.7. The van der Waals surface area contributed by atoms with Crippen LogP contribution in [0.2, 0.25) is 0 Å². The zero-order valence-electron chi connectivity index (χ0n) is 9.94. The summed E-state index contributed by atoms with van der Waals surface area (Å²) in [5.74, 6) is -2.17. The minimum atomic E-state index is -0.891. The van der Waals surface area contributed by atoms with Crippen LogP contribution >= 0.6 is 0 Å². The highest BCUT2D eigenvalue weighted by atomic mass is 19.1. The van der Waals surface area contributed by atoms with E-state index in [1.807, 2.05) is 0 Å². The van der Waals surface area contributed by atoms with Crippen LogP contribution in [0.3, 0.4) is 0 Å². The van der Waals surface area contributed by atoms with E-state index in [0.29, 0.717) is 12.1 Å². The third kappa shape index (κ3) is 4.04. The summed E-state index contributed by atoms with van der Waals surface area (Å²) in [6, 6.07) is 3.50. The number of carbonyl (C=O) groups excluding carboxylic acids is 1. The molecule has 0 aliphatic heterocycles. The maximum atomic E-state index is 13.0. The van der Waals surface area contributed by atoms with Crippen molar-refractivity contribution in [3.05, 3.63) is 29.6 Å². The van der Waals surface area contributed by atoms with Gasteiger partial charge in [0.05, 0.1) is 5.56 Å². The molecule has 0 saturated heterocycles. The van der Waals surface area contributed by atoms with Crippen LogP contribution < -0.4 is 11.1 Å². The standard InChI is InChI=1S/C12H15FN2O3/c1-7(2-5-11(16)17)15-10-4-3-8(13)6-9(10)12(14)18/h3-4,6-7,15H,2,5H2,1H3,(H2,14,18)(H,16,17). The van der Waals surface area contributed by atoms with E-state index in [0.717, 1.165) is 6.07 Å². The summed E-state index contributed by atoms with van der Waals surface area (Å²) in [4.78, 5) is 21.6. The first-order valence-electron chi connectivity index (χ1n) is 5.48. The molecule has 1 aromatic carbocycles. The van der Waals surface area contributed by atoms with Gasteiger partial charge in [-0.05, 0) is 31.5 Å². The molecule has 6 heteroatoms. The molecular formula is C12H15FN2O3. The van der Waals surface area contributed by atoms with E-state index in [1.165, 1.54) is 12.1 Å². The zero-order valence-corrected chi connectivity index (χ0v) is 9.94. The molecule has 5 nitrogen and oxygen atoms in total. The van der Waals surface area contributed by atoms with Crippen LogP contribution in [0.5, 0.6) is 0 Å². The third-order valence-corrected chi connectivity index (χ3v) is 2.44. The normalized spacial score (nSPS) is 11.9. The number of nitrogens with two attached hydrogens (primary N) is 1. The summed E-state index contributed by atoms with van der Waals surface area (Å²) >= 11 is 0. The maximum Gasteiger partial charge on any atom is 0.303 e. The fourth-order valence-electron chi connectivity index (χ4n) is 1.52. The van der Waals surface area contributed by atoms with Crippen molar-refractivity contribution in [2.45, 2.75) is 25.8 Å². The SMILES string of the molecule is CC(CCC(=O)O)Nc1ccc(F)cc1C(N)=O. The topological polar surface area (TPSA) is 92.4 Å². The third-order valence-electron chi connectivity index (χ3n) is 2.44. The van der Waals surface area contributed by atoms with Crippen molar-refractivity contribution in [2.75, 3.05) is 5.32 Å². The minimum absolute atomic E-state index is 0.0151. The van der Waals surface area contributed by atoms with Crippen LogP contribution in [0.4, 0.5) is 10.1 Å². The van der Waals surface area contributed by atoms with E-state index in [9.17, 15) is 14.0 Å². The number of carboxylic acid groups (broad SMARTS) is 1. The second-order valence-electron chi connectivity index (χ2n) is 4.03. The van der Waals surface area contributed by atoms with Gasteiger partial charge in [0.2, 0.25) is 0 Å². The van der Waals surface area contributed by atoms with E-state index in [2.05, 4.69) is 5.32 Å². The Morgan fingerprint density at radius 2 is 2.17 bits per heavy atom. The quantitative estimate of drug-likeness (QED) is 0.718. The van der Waals surface area contributed by atoms with Crippen molar-refractivity contribution in [1.29, 1.82) is 0 Å². The molecule has 1 rings (SSSR count). The van der Waals surface area contributed by atoms with Crippen LogP contribution in [0.15, 0.2) is 18.2 Å². The summed E-state index contributed by atoms with van der Waals surface area (Å²) in [5.41, 5.74) is 5.60. The molecule has 0 aliphatic rings. The number of aliphatic carboxylic acids is 1. The van der Waals surface area contributed by atoms with Gasteiger partial charge < -0.3 is 16.2 Å². The Labute approximate surface area is 104 Å². The number of nitrogens with one attached hydrogen (secondary N) is 1. The van der Waals surface area contributed by atoms with Crippen molar-refractivity contribution in [3.8, 4) is 0 Å². The Hall–Kier alpha value is -2.11. The number of carbonyl (C=O) groups is 2. The number of hydrogen-bond acceptors (Lipinski definition) is 3. The molecule has 1 amide bonds. The lowest BCUT2D eigenvalue weighted by molar-refractivity contribution is -0.137. The Morgan fingerprint density at radius 3 is 2.72 bits per heavy atom. The Morgan fingerprint density at radius 1 is 1.50 bits per heavy atom. The molecule has 0 radical (unpaired) electrons. The number of carboxylic acids is 1. The van der Waals surface area contributed by atoms with Crippen LogP contribution in [-0.4, -0.2) is 23.0 Å². The average molecular weight is 254 g/mol. The number of rotatable bonds is 6. The first-order chi connectivity index (χ1) is 8.40. The molecular weight excluding hydrogens is 239 g/mol. The van der Waals surface area contributed by atoms with Crippen molar-refractivity contribution in [3.63, 3.8) is 0 Å². The van der Waals surface area contributed by atoms with Crippen LogP contribution in [0.25, 0.3) is 0 Å². The van der Waals surface area contributed by atoms with Gasteiger partial charge in [0, 0.05) is 18.2 Å². The molecule has 18 heavy (non-hydrogen) atoms. The number of benzene rings is 1. The predicted molar refractivity (Wildman–Crippen MR) is 64.9 cm³/mol. The number of halogens is 1. The van der Waals surface area contributed by atoms with Gasteiger partial charge in [-0.1, -0.05) is 0 Å². The summed E-state index contributed by atoms with van der Waals surface area (Å²) in [7, 11) is 0. The molecule has 1 atom stereocenters. The summed E-state index contributed by atoms with van der Waals surface area (Å²) in [6.07, 6.45) is 0.409. The van der Waals surface area contributed by atoms with E-state index in [1.54, 1.807) is 6.92 Å². The maximum absolute atomic E-state index is 13.0. The van der Waals surface area contributed by atoms with Gasteiger partial charge in [-0.25, -0.2) is 4.39 Å². The summed E-state index contributed by atoms with van der Waals surface area (Å²) in [6.45, 7) is 1.77. The highest BCUT2D eigenvalue weighted by Gasteiger charge is 2.12. The molecule has 98 valence electrons. The van der Waals surface area contributed by atoms with Crippen molar-refractivity contribution in [2.24, 2.45) is 5.73 Å². The number of amides is 1. The number of primary amides is 1. The monoisotopic (exact) mass is 254 g/mol. The fourth-order valence-corrected chi connectivity index (χ4v) is 1.52. The first-order valence-corrected chi connectivity index (χ1v) is 5.48. The molecule has 0 bridgehead atoms. The number of hydrogen-bond donors (Lipinski definition) is 3. The van der Waals surface area contributed by atoms with Crippen molar-refractivity contribution < 1.29 is 19.1 Å². The van der Waals surface area contributed by atoms with Crippen molar-refractivity contribution in [1.82, 2.24) is 0 Å². The van der Waals surface area contributed by atoms with Crippen molar-refractivity contribution >= 4 is 17.6 Å². The lowest BCUT2D eigenvalue weighted by atomic mass is 10.1. The van der Waals surface area contributed by atoms with Gasteiger partial charge in [-0.2, -0.15) is 0 Å². The van der Waals surface area contributed by atoms with Gasteiger partial charge in [0.15, 0.2) is 0 Å². The van der Waals surface area contributed by atoms with E-state index in [-0.39, 0.29) is 18.0 Å². The Bertz CT molecular complexity index is 463. The highest BCUT2D eigenvalue weighted by molar-refractivity contribution is 5.98. The average Bonchev–Trinajstić information content (AvgIpc) is 2.28. The summed E-state index contributed by atoms with van der Waals surface area (Å²) in [5, 5.41) is 11.5. The van der Waals surface area contributed by atoms with Gasteiger partial charge in [0.25, 0.3) is 5.91 Å². The Kier molecular flexibility index (Phi) is 4.65. The van der Waals surface area contributed by atoms with Gasteiger partial charge in [0.1, 0.15) is 5.82 Å². The van der Waals surface area contributed by atoms with Gasteiger partial charge in [-0.3, -0.25) is 9.59 Å². The molecule has 0 spiro atoms. The van der Waals surface area contributed by atoms with Crippen LogP contribution in [0.1, 0.15) is 30.1 Å². The molecule has 1 aromatic rings. The van der Waals surface area contributed by atoms with Gasteiger partial charge >= 0.3 is 5.97 Å². The predicted octanol–water partition coefficient (Wildman–Crippen LogP) is 1.59. The van der Waals surface area contributed by atoms with Crippen LogP contribution in [-0.2, 0) is 4.79 Å². The molecule has 0 aliphatic carbocycles. The smallest absolute Gasteiger partial charge is 0.303 e. The second kappa shape index (κ2) is 6.00. The minimum Gasteiger partial charge on any atom is -0.481 e. The van der Waals surface area contributed by atoms with E-state index < -0.39 is 17.7 Å². The summed E-state index contributed by atoms with van der Waals surface area (Å²) < 4.78 is 13.0. The first kappa shape index (κ1) is 14.0. The molecule has 0 aromatic heterocycles. The Balaban J connectivity index is 2.77. The largest absolute Gasteiger partial charge is 0.481 e. The molecule has 0 saturated carbocycles. The lowest BCUT2D eigenvalue weighted by Gasteiger charge is -2.16.